The number of aromatic nitrogens is 4. The molecule has 0 unspecified atom stereocenters. The summed E-state index contributed by atoms with van der Waals surface area (Å²) in [7, 11) is 0. The Bertz CT molecular complexity index is 3950. The second-order valence-electron chi connectivity index (χ2n) is 17.5. The molecule has 13 rings (SSSR count). The molecule has 0 N–H and O–H groups in total. The Morgan fingerprint density at radius 3 is 1.91 bits per heavy atom. The third-order valence-corrected chi connectivity index (χ3v) is 14.4. The number of benzene rings is 8. The summed E-state index contributed by atoms with van der Waals surface area (Å²) >= 11 is 1.85. The molecule has 0 fully saturated rings. The number of thiophene rings is 1. The van der Waals surface area contributed by atoms with E-state index in [9.17, 15) is 0 Å². The fourth-order valence-corrected chi connectivity index (χ4v) is 11.4. The molecule has 0 atom stereocenters. The maximum Gasteiger partial charge on any atom is 0.235 e. The van der Waals surface area contributed by atoms with E-state index in [1.54, 1.807) is 0 Å². The van der Waals surface area contributed by atoms with Gasteiger partial charge in [-0.1, -0.05) is 115 Å². The van der Waals surface area contributed by atoms with Crippen LogP contribution < -0.4 is 0 Å². The third-order valence-electron chi connectivity index (χ3n) is 13.3. The molecule has 0 radical (unpaired) electrons. The van der Waals surface area contributed by atoms with Gasteiger partial charge >= 0.3 is 0 Å². The topological polar surface area (TPSA) is 35.6 Å². The highest BCUT2D eigenvalue weighted by molar-refractivity contribution is 7.25. The lowest BCUT2D eigenvalue weighted by molar-refractivity contribution is 0.992. The number of hydrogen-bond donors (Lipinski definition) is 0. The van der Waals surface area contributed by atoms with Crippen molar-refractivity contribution in [2.75, 3.05) is 0 Å². The van der Waals surface area contributed by atoms with Crippen molar-refractivity contribution in [3.63, 3.8) is 0 Å². The maximum atomic E-state index is 5.34. The number of aryl methyl sites for hydroxylation is 2. The van der Waals surface area contributed by atoms with Crippen LogP contribution in [0.15, 0.2) is 194 Å². The predicted molar refractivity (Wildman–Crippen MR) is 276 cm³/mol. The maximum absolute atomic E-state index is 5.34. The predicted octanol–water partition coefficient (Wildman–Crippen LogP) is 16.4. The zero-order chi connectivity index (χ0) is 43.2. The molecule has 65 heavy (non-hydrogen) atoms. The summed E-state index contributed by atoms with van der Waals surface area (Å²) in [4.78, 5) is 10.3. The summed E-state index contributed by atoms with van der Waals surface area (Å²) in [5.41, 5.74) is 17.5. The van der Waals surface area contributed by atoms with E-state index in [-0.39, 0.29) is 0 Å². The Hall–Kier alpha value is -7.86. The average Bonchev–Trinajstić information content (AvgIpc) is 4.00. The molecule has 0 spiro atoms. The Morgan fingerprint density at radius 1 is 0.446 bits per heavy atom. The van der Waals surface area contributed by atoms with Gasteiger partial charge in [0.05, 0.1) is 27.8 Å². The molecule has 8 aromatic carbocycles. The van der Waals surface area contributed by atoms with Crippen LogP contribution in [0.2, 0.25) is 0 Å². The molecule has 0 bridgehead atoms. The van der Waals surface area contributed by atoms with Gasteiger partial charge in [-0.3, -0.25) is 4.57 Å². The molecular weight excluding hydrogens is 809 g/mol. The van der Waals surface area contributed by atoms with E-state index in [0.29, 0.717) is 5.95 Å². The van der Waals surface area contributed by atoms with Crippen LogP contribution in [0.5, 0.6) is 0 Å². The summed E-state index contributed by atoms with van der Waals surface area (Å²) < 4.78 is 7.24. The van der Waals surface area contributed by atoms with Gasteiger partial charge in [-0.2, -0.15) is 0 Å². The van der Waals surface area contributed by atoms with Crippen LogP contribution in [0.1, 0.15) is 29.5 Å². The monoisotopic (exact) mass is 850 g/mol. The lowest BCUT2D eigenvalue weighted by Crippen LogP contribution is -2.01. The highest BCUT2D eigenvalue weighted by Gasteiger charge is 2.20. The normalized spacial score (nSPS) is 13.0. The lowest BCUT2D eigenvalue weighted by atomic mass is 9.96. The van der Waals surface area contributed by atoms with Gasteiger partial charge in [0.25, 0.3) is 0 Å². The molecule has 4 aromatic heterocycles. The van der Waals surface area contributed by atoms with E-state index in [0.717, 1.165) is 40.7 Å². The van der Waals surface area contributed by atoms with Crippen molar-refractivity contribution in [3.8, 4) is 45.1 Å². The number of para-hydroxylation sites is 1. The number of fused-ring (bicyclic) bond motifs is 9. The summed E-state index contributed by atoms with van der Waals surface area (Å²) in [6.45, 7) is 4.36. The van der Waals surface area contributed by atoms with Gasteiger partial charge in [-0.15, -0.1) is 11.3 Å². The second kappa shape index (κ2) is 14.9. The van der Waals surface area contributed by atoms with Crippen molar-refractivity contribution in [1.82, 2.24) is 19.1 Å². The van der Waals surface area contributed by atoms with Crippen LogP contribution in [0.4, 0.5) is 0 Å². The minimum Gasteiger partial charge on any atom is -0.309 e. The fraction of sp³-hybridized carbons (Fsp3) is 0.0667. The highest BCUT2D eigenvalue weighted by Crippen LogP contribution is 2.42. The summed E-state index contributed by atoms with van der Waals surface area (Å²) in [6.07, 6.45) is 10.9. The first-order valence-corrected chi connectivity index (χ1v) is 23.3. The van der Waals surface area contributed by atoms with Gasteiger partial charge in [0.1, 0.15) is 0 Å². The average molecular weight is 851 g/mol. The van der Waals surface area contributed by atoms with Crippen LogP contribution >= 0.6 is 11.3 Å². The van der Waals surface area contributed by atoms with Crippen LogP contribution in [-0.2, 0) is 0 Å². The second-order valence-corrected chi connectivity index (χ2v) is 18.6. The molecule has 4 nitrogen and oxygen atoms in total. The van der Waals surface area contributed by atoms with Crippen molar-refractivity contribution >= 4 is 80.7 Å². The molecule has 1 aliphatic carbocycles. The summed E-state index contributed by atoms with van der Waals surface area (Å²) in [5, 5.41) is 7.37. The minimum absolute atomic E-state index is 0.651. The Balaban J connectivity index is 0.954. The zero-order valence-corrected chi connectivity index (χ0v) is 36.9. The number of allylic oxidation sites excluding steroid dienone is 4. The smallest absolute Gasteiger partial charge is 0.235 e. The fourth-order valence-electron chi connectivity index (χ4n) is 10.3. The van der Waals surface area contributed by atoms with E-state index < -0.39 is 0 Å². The van der Waals surface area contributed by atoms with E-state index in [4.69, 9.17) is 9.97 Å². The molecule has 4 heterocycles. The van der Waals surface area contributed by atoms with Gasteiger partial charge in [-0.05, 0) is 144 Å². The van der Waals surface area contributed by atoms with Crippen molar-refractivity contribution in [1.29, 1.82) is 0 Å². The lowest BCUT2D eigenvalue weighted by Gasteiger charge is -2.11. The van der Waals surface area contributed by atoms with Crippen LogP contribution in [0.25, 0.3) is 115 Å². The Kier molecular flexibility index (Phi) is 8.62. The zero-order valence-electron chi connectivity index (χ0n) is 36.1. The standard InChI is InChI=1S/C60H42N4S/c1-37-29-38(2)31-46(30-37)63-54-17-8-6-15-47(54)49-33-43(23-25-55(49)63)44-24-26-56-50(34-44)51-36-59-52(48-16-7-9-18-58(48)65-59)35-57(51)64(56)60-61-28-27-53(62-60)45-14-10-13-42(32-45)41-21-19-40(20-22-41)39-11-4-3-5-12-39/h4,6-36H,3,5H2,1-2H3. The van der Waals surface area contributed by atoms with Gasteiger partial charge in [0.15, 0.2) is 0 Å². The largest absolute Gasteiger partial charge is 0.309 e. The Morgan fingerprint density at radius 2 is 1.11 bits per heavy atom. The molecular formula is C60H42N4S. The molecule has 1 aliphatic rings. The number of hydrogen-bond acceptors (Lipinski definition) is 3. The van der Waals surface area contributed by atoms with Crippen molar-refractivity contribution in [2.24, 2.45) is 0 Å². The van der Waals surface area contributed by atoms with Gasteiger partial charge in [0.2, 0.25) is 5.95 Å². The minimum atomic E-state index is 0.651. The Labute approximate surface area is 380 Å². The number of rotatable bonds is 6. The van der Waals surface area contributed by atoms with E-state index >= 15 is 0 Å². The number of nitrogens with zero attached hydrogens (tertiary/aromatic N) is 4. The third kappa shape index (κ3) is 6.26. The quantitative estimate of drug-likeness (QED) is 0.167. The van der Waals surface area contributed by atoms with Crippen LogP contribution in [-0.4, -0.2) is 19.1 Å². The summed E-state index contributed by atoms with van der Waals surface area (Å²) in [5.74, 6) is 0.651. The van der Waals surface area contributed by atoms with E-state index in [1.165, 1.54) is 97.4 Å². The summed E-state index contributed by atoms with van der Waals surface area (Å²) in [6, 6.07) is 62.6. The van der Waals surface area contributed by atoms with Crippen molar-refractivity contribution in [3.05, 3.63) is 211 Å². The van der Waals surface area contributed by atoms with Gasteiger partial charge in [0, 0.05) is 59.2 Å². The van der Waals surface area contributed by atoms with E-state index in [1.807, 2.05) is 23.6 Å². The molecule has 0 saturated carbocycles. The van der Waals surface area contributed by atoms with Crippen molar-refractivity contribution in [2.45, 2.75) is 26.7 Å². The molecule has 308 valence electrons. The van der Waals surface area contributed by atoms with Gasteiger partial charge < -0.3 is 4.57 Å². The van der Waals surface area contributed by atoms with Crippen molar-refractivity contribution < 1.29 is 0 Å². The first kappa shape index (κ1) is 37.7. The van der Waals surface area contributed by atoms with Crippen LogP contribution in [0, 0.1) is 13.8 Å². The SMILES string of the molecule is Cc1cc(C)cc(-n2c3ccccc3c3cc(-c4ccc5c(c4)c4cc6sc7ccccc7c6cc4n5-c4nccc(-c5cccc(-c6ccc(C7=CCCC=C7)cc6)c5)n4)ccc32)c1. The van der Waals surface area contributed by atoms with E-state index in [2.05, 4.69) is 205 Å². The molecule has 12 aromatic rings. The first-order valence-electron chi connectivity index (χ1n) is 22.4. The first-order chi connectivity index (χ1) is 32.0. The van der Waals surface area contributed by atoms with Crippen LogP contribution in [0.3, 0.4) is 0 Å². The molecule has 5 heteroatoms. The molecule has 0 amide bonds. The molecule has 0 saturated heterocycles. The highest BCUT2D eigenvalue weighted by atomic mass is 32.1. The van der Waals surface area contributed by atoms with Gasteiger partial charge in [-0.25, -0.2) is 9.97 Å². The molecule has 0 aliphatic heterocycles.